The van der Waals surface area contributed by atoms with E-state index in [0.717, 1.165) is 11.9 Å². The lowest BCUT2D eigenvalue weighted by Crippen LogP contribution is -2.31. The van der Waals surface area contributed by atoms with Crippen LogP contribution < -0.4 is 0 Å². The van der Waals surface area contributed by atoms with Gasteiger partial charge in [0, 0.05) is 10.2 Å². The van der Waals surface area contributed by atoms with Crippen LogP contribution in [0, 0.1) is 12.3 Å². The Kier molecular flexibility index (Phi) is 1.22. The van der Waals surface area contributed by atoms with Crippen LogP contribution in [0.2, 0.25) is 0 Å². The minimum absolute atomic E-state index is 0.214. The predicted molar refractivity (Wildman–Crippen MR) is 61.1 cm³/mol. The second kappa shape index (κ2) is 5.47. The molecule has 0 bridgehead atoms. The van der Waals surface area contributed by atoms with Crippen molar-refractivity contribution in [1.29, 1.82) is 0 Å². The van der Waals surface area contributed by atoms with Gasteiger partial charge in [-0.1, -0.05) is 36.1 Å². The van der Waals surface area contributed by atoms with Crippen LogP contribution in [0.3, 0.4) is 0 Å². The first-order valence-corrected chi connectivity index (χ1v) is 3.98. The van der Waals surface area contributed by atoms with Gasteiger partial charge >= 0.3 is 0 Å². The molecule has 1 atom stereocenters. The van der Waals surface area contributed by atoms with Gasteiger partial charge in [0.2, 0.25) is 0 Å². The Hall–Kier alpha value is -1.26. The first kappa shape index (κ1) is 3.12. The van der Waals surface area contributed by atoms with Crippen LogP contribution in [-0.4, -0.2) is 24.5 Å². The van der Waals surface area contributed by atoms with E-state index >= 15 is 0 Å². The molecule has 1 aromatic carbocycles. The van der Waals surface area contributed by atoms with Crippen molar-refractivity contribution in [2.75, 3.05) is 13.5 Å². The summed E-state index contributed by atoms with van der Waals surface area (Å²) in [5.41, 5.74) is -0.214. The van der Waals surface area contributed by atoms with Gasteiger partial charge < -0.3 is 0 Å². The molecule has 1 nitrogen and oxygen atoms in total. The quantitative estimate of drug-likeness (QED) is 0.670. The first-order valence-electron chi connectivity index (χ1n) is 9.48. The number of hydrogen-bond donors (Lipinski definition) is 0. The highest BCUT2D eigenvalue weighted by molar-refractivity contribution is 5.15. The van der Waals surface area contributed by atoms with Crippen LogP contribution in [0.5, 0.6) is 0 Å². The number of benzene rings is 1. The van der Waals surface area contributed by atoms with Crippen molar-refractivity contribution in [2.24, 2.45) is 0 Å². The van der Waals surface area contributed by atoms with Gasteiger partial charge in [0.15, 0.2) is 0 Å². The topological polar surface area (TPSA) is 3.24 Å². The summed E-state index contributed by atoms with van der Waals surface area (Å²) in [4.78, 5) is 0.794. The van der Waals surface area contributed by atoms with Crippen molar-refractivity contribution in [3.63, 3.8) is 0 Å². The van der Waals surface area contributed by atoms with E-state index in [1.54, 1.807) is 6.40 Å². The third kappa shape index (κ3) is 3.24. The molecule has 0 spiro atoms. The summed E-state index contributed by atoms with van der Waals surface area (Å²) in [5, 5.41) is 0. The molecule has 0 aliphatic carbocycles. The Balaban J connectivity index is 3.47. The Morgan fingerprint density at radius 1 is 1.71 bits per heavy atom. The summed E-state index contributed by atoms with van der Waals surface area (Å²) in [5.74, 6) is 1.95. The van der Waals surface area contributed by atoms with Gasteiger partial charge in [-0.05, 0) is 25.9 Å². The van der Waals surface area contributed by atoms with Gasteiger partial charge in [0.1, 0.15) is 1.37 Å². The summed E-state index contributed by atoms with van der Waals surface area (Å²) >= 11 is 0. The largest absolute Gasteiger partial charge is 0.292 e. The molecule has 0 aromatic heterocycles. The third-order valence-corrected chi connectivity index (χ3v) is 1.65. The lowest BCUT2D eigenvalue weighted by molar-refractivity contribution is 0.287. The SMILES string of the molecule is [2H]C#CC([2H])([2H])N(C)[C@@H](Cc1c([2H])c([2H])c([2H])c([2H])c1[2H])C([2H])([2H])[2H]. The zero-order chi connectivity index (χ0) is 19.7. The Bertz CT molecular complexity index is 684. The maximum absolute atomic E-state index is 7.88. The molecule has 0 saturated carbocycles. The molecule has 0 saturated heterocycles. The van der Waals surface area contributed by atoms with Gasteiger partial charge in [0.25, 0.3) is 0 Å². The van der Waals surface area contributed by atoms with Crippen LogP contribution in [0.15, 0.2) is 30.2 Å². The lowest BCUT2D eigenvalue weighted by Gasteiger charge is -2.22. The van der Waals surface area contributed by atoms with Crippen LogP contribution in [0.25, 0.3) is 0 Å². The van der Waals surface area contributed by atoms with E-state index < -0.39 is 56.0 Å². The summed E-state index contributed by atoms with van der Waals surface area (Å²) in [6, 6.07) is -4.32. The van der Waals surface area contributed by atoms with Crippen molar-refractivity contribution < 1.29 is 15.1 Å². The van der Waals surface area contributed by atoms with Crippen LogP contribution >= 0.6 is 0 Å². The van der Waals surface area contributed by atoms with E-state index in [0.29, 0.717) is 0 Å². The van der Waals surface area contributed by atoms with Crippen LogP contribution in [0.4, 0.5) is 0 Å². The zero-order valence-corrected chi connectivity index (χ0v) is 7.73. The van der Waals surface area contributed by atoms with Crippen molar-refractivity contribution >= 4 is 0 Å². The molecular formula is C13H17N. The van der Waals surface area contributed by atoms with Crippen molar-refractivity contribution in [3.05, 3.63) is 35.8 Å². The monoisotopic (exact) mass is 198 g/mol. The molecule has 1 rings (SSSR count). The molecule has 0 aliphatic heterocycles. The maximum atomic E-state index is 7.88. The Labute approximate surface area is 102 Å². The number of likely N-dealkylation sites (N-methyl/N-ethyl adjacent to an activating group) is 1. The van der Waals surface area contributed by atoms with Gasteiger partial charge in [-0.3, -0.25) is 4.90 Å². The summed E-state index contributed by atoms with van der Waals surface area (Å²) < 4.78 is 84.0. The summed E-state index contributed by atoms with van der Waals surface area (Å²) in [7, 11) is 1.16. The Morgan fingerprint density at radius 3 is 3.14 bits per heavy atom. The van der Waals surface area contributed by atoms with E-state index in [2.05, 4.69) is 0 Å². The summed E-state index contributed by atoms with van der Waals surface area (Å²) in [6.45, 7) is -5.15. The van der Waals surface area contributed by atoms with E-state index in [4.69, 9.17) is 15.1 Å². The fourth-order valence-electron chi connectivity index (χ4n) is 0.874. The maximum Gasteiger partial charge on any atom is 0.124 e. The van der Waals surface area contributed by atoms with Crippen molar-refractivity contribution in [1.82, 2.24) is 4.90 Å². The lowest BCUT2D eigenvalue weighted by atomic mass is 10.1. The molecule has 0 N–H and O–H groups in total. The van der Waals surface area contributed by atoms with E-state index in [1.165, 1.54) is 0 Å². The zero-order valence-electron chi connectivity index (χ0n) is 18.7. The number of hydrogen-bond acceptors (Lipinski definition) is 1. The number of terminal acetylenes is 1. The highest BCUT2D eigenvalue weighted by Crippen LogP contribution is 2.06. The smallest absolute Gasteiger partial charge is 0.124 e. The molecule has 1 heteroatoms. The third-order valence-electron chi connectivity index (χ3n) is 1.65. The second-order valence-corrected chi connectivity index (χ2v) is 2.67. The minimum Gasteiger partial charge on any atom is -0.292 e. The van der Waals surface area contributed by atoms with Gasteiger partial charge in [-0.15, -0.1) is 6.40 Å². The average Bonchev–Trinajstić information content (AvgIpc) is 2.49. The molecule has 14 heavy (non-hydrogen) atoms. The van der Waals surface area contributed by atoms with Gasteiger partial charge in [-0.2, -0.15) is 0 Å². The standard InChI is InChI=1S/C13H17N/c1-4-10-14(3)12(2)11-13-8-6-5-7-9-13/h1,5-9,12H,10-11H2,2-3H3/t12-/m1/s1/i1D,2D3,5D,6D,7D,8D,9D,10D2. The highest BCUT2D eigenvalue weighted by Gasteiger charge is 2.07. The molecule has 1 aromatic rings. The predicted octanol–water partition coefficient (Wildman–Crippen LogP) is 2.18. The van der Waals surface area contributed by atoms with Crippen molar-refractivity contribution in [2.45, 2.75) is 19.3 Å². The molecule has 74 valence electrons. The fourth-order valence-corrected chi connectivity index (χ4v) is 0.874. The number of rotatable bonds is 4. The molecule has 0 unspecified atom stereocenters. The molecular weight excluding hydrogens is 170 g/mol. The van der Waals surface area contributed by atoms with Crippen LogP contribution in [0.1, 0.15) is 27.5 Å². The van der Waals surface area contributed by atoms with Crippen molar-refractivity contribution in [3.8, 4) is 12.3 Å². The van der Waals surface area contributed by atoms with E-state index in [9.17, 15) is 0 Å². The molecule has 0 heterocycles. The molecule has 0 aliphatic rings. The van der Waals surface area contributed by atoms with E-state index in [1.807, 2.05) is 5.92 Å². The van der Waals surface area contributed by atoms with Gasteiger partial charge in [-0.25, -0.2) is 0 Å². The molecule has 0 radical (unpaired) electrons. The van der Waals surface area contributed by atoms with Crippen LogP contribution in [-0.2, 0) is 6.42 Å². The minimum atomic E-state index is -2.71. The molecule has 0 fully saturated rings. The average molecular weight is 198 g/mol. The molecule has 0 amide bonds. The highest BCUT2D eigenvalue weighted by atomic mass is 15.1. The van der Waals surface area contributed by atoms with E-state index in [-0.39, 0.29) is 5.56 Å². The number of nitrogens with zero attached hydrogens (tertiary/aromatic N) is 1. The first-order chi connectivity index (χ1) is 11.3. The summed E-state index contributed by atoms with van der Waals surface area (Å²) in [6.07, 6.45) is 1.15. The Morgan fingerprint density at radius 2 is 2.50 bits per heavy atom. The second-order valence-electron chi connectivity index (χ2n) is 2.67. The van der Waals surface area contributed by atoms with Gasteiger partial charge in [0.05, 0.1) is 16.1 Å². The normalized spacial score (nSPS) is 25.1. The fraction of sp³-hybridized carbons (Fsp3) is 0.385.